The number of hydrogen-bond donors (Lipinski definition) is 1. The van der Waals surface area contributed by atoms with Crippen LogP contribution in [0.1, 0.15) is 12.0 Å². The first kappa shape index (κ1) is 17.2. The van der Waals surface area contributed by atoms with E-state index in [1.165, 1.54) is 18.2 Å². The van der Waals surface area contributed by atoms with Gasteiger partial charge in [0.15, 0.2) is 5.13 Å². The number of hydrogen-bond acceptors (Lipinski definition) is 5. The molecule has 0 aliphatic heterocycles. The summed E-state index contributed by atoms with van der Waals surface area (Å²) in [6.45, 7) is 0. The summed E-state index contributed by atoms with van der Waals surface area (Å²) in [4.78, 5) is 16.2. The second-order valence-electron chi connectivity index (χ2n) is 5.27. The van der Waals surface area contributed by atoms with Gasteiger partial charge in [0.1, 0.15) is 5.75 Å². The number of aryl methyl sites for hydroxylation is 2. The standard InChI is InChI=1S/C15H13F3N4O2S/c1-22-8-9(7-19-22)2-5-13(23)21-14-20-11-4-3-10(6-12(11)25-14)24-15(16,17)18/h3-4,6-8H,2,5H2,1H3,(H,20,21,23). The highest BCUT2D eigenvalue weighted by molar-refractivity contribution is 7.22. The van der Waals surface area contributed by atoms with E-state index in [0.29, 0.717) is 21.8 Å². The Morgan fingerprint density at radius 1 is 1.40 bits per heavy atom. The van der Waals surface area contributed by atoms with Crippen molar-refractivity contribution in [3.63, 3.8) is 0 Å². The summed E-state index contributed by atoms with van der Waals surface area (Å²) in [5.74, 6) is -0.548. The van der Waals surface area contributed by atoms with Crippen molar-refractivity contribution in [1.82, 2.24) is 14.8 Å². The van der Waals surface area contributed by atoms with Crippen molar-refractivity contribution in [3.8, 4) is 5.75 Å². The highest BCUT2D eigenvalue weighted by Gasteiger charge is 2.31. The van der Waals surface area contributed by atoms with Crippen LogP contribution in [0.15, 0.2) is 30.6 Å². The first-order valence-corrected chi connectivity index (χ1v) is 8.04. The van der Waals surface area contributed by atoms with Crippen molar-refractivity contribution in [3.05, 3.63) is 36.2 Å². The predicted molar refractivity (Wildman–Crippen MR) is 86.5 cm³/mol. The van der Waals surface area contributed by atoms with E-state index in [1.54, 1.807) is 17.9 Å². The van der Waals surface area contributed by atoms with Crippen molar-refractivity contribution in [1.29, 1.82) is 0 Å². The number of benzene rings is 1. The molecule has 2 aromatic heterocycles. The molecule has 0 saturated carbocycles. The molecule has 6 nitrogen and oxygen atoms in total. The van der Waals surface area contributed by atoms with Crippen LogP contribution in [0.2, 0.25) is 0 Å². The molecule has 3 aromatic rings. The lowest BCUT2D eigenvalue weighted by Crippen LogP contribution is -2.16. The number of nitrogens with one attached hydrogen (secondary N) is 1. The van der Waals surface area contributed by atoms with Crippen LogP contribution in [0, 0.1) is 0 Å². The molecule has 1 N–H and O–H groups in total. The smallest absolute Gasteiger partial charge is 0.406 e. The van der Waals surface area contributed by atoms with E-state index in [2.05, 4.69) is 20.1 Å². The van der Waals surface area contributed by atoms with E-state index in [9.17, 15) is 18.0 Å². The maximum atomic E-state index is 12.2. The van der Waals surface area contributed by atoms with Crippen LogP contribution < -0.4 is 10.1 Å². The van der Waals surface area contributed by atoms with Crippen molar-refractivity contribution in [2.24, 2.45) is 7.05 Å². The Kier molecular flexibility index (Phi) is 4.62. The molecule has 25 heavy (non-hydrogen) atoms. The fourth-order valence-electron chi connectivity index (χ4n) is 2.20. The van der Waals surface area contributed by atoms with Crippen LogP contribution in [-0.2, 0) is 18.3 Å². The number of thiazole rings is 1. The zero-order valence-corrected chi connectivity index (χ0v) is 13.8. The van der Waals surface area contributed by atoms with Gasteiger partial charge in [-0.05, 0) is 24.1 Å². The molecule has 0 bridgehead atoms. The molecule has 0 saturated heterocycles. The molecule has 0 radical (unpaired) electrons. The summed E-state index contributed by atoms with van der Waals surface area (Å²) in [5.41, 5.74) is 1.43. The van der Waals surface area contributed by atoms with Crippen LogP contribution >= 0.6 is 11.3 Å². The fourth-order valence-corrected chi connectivity index (χ4v) is 3.11. The van der Waals surface area contributed by atoms with Gasteiger partial charge in [-0.2, -0.15) is 5.10 Å². The largest absolute Gasteiger partial charge is 0.573 e. The van der Waals surface area contributed by atoms with Crippen LogP contribution in [-0.4, -0.2) is 27.0 Å². The molecule has 1 amide bonds. The predicted octanol–water partition coefficient (Wildman–Crippen LogP) is 3.50. The number of fused-ring (bicyclic) bond motifs is 1. The minimum atomic E-state index is -4.75. The second-order valence-corrected chi connectivity index (χ2v) is 6.30. The maximum Gasteiger partial charge on any atom is 0.573 e. The number of carbonyl (C=O) groups is 1. The molecule has 1 aromatic carbocycles. The zero-order chi connectivity index (χ0) is 18.0. The Morgan fingerprint density at radius 3 is 2.88 bits per heavy atom. The third-order valence-corrected chi connectivity index (χ3v) is 4.17. The first-order chi connectivity index (χ1) is 11.8. The van der Waals surface area contributed by atoms with Crippen LogP contribution in [0.3, 0.4) is 0 Å². The van der Waals surface area contributed by atoms with Crippen molar-refractivity contribution in [2.45, 2.75) is 19.2 Å². The second kappa shape index (κ2) is 6.71. The van der Waals surface area contributed by atoms with Gasteiger partial charge in [-0.3, -0.25) is 9.48 Å². The Morgan fingerprint density at radius 2 is 2.20 bits per heavy atom. The third kappa shape index (κ3) is 4.69. The van der Waals surface area contributed by atoms with Gasteiger partial charge < -0.3 is 10.1 Å². The molecule has 0 spiro atoms. The highest BCUT2D eigenvalue weighted by Crippen LogP contribution is 2.31. The van der Waals surface area contributed by atoms with Gasteiger partial charge in [0.25, 0.3) is 0 Å². The Balaban J connectivity index is 1.64. The van der Waals surface area contributed by atoms with Crippen molar-refractivity contribution < 1.29 is 22.7 Å². The first-order valence-electron chi connectivity index (χ1n) is 7.22. The average molecular weight is 370 g/mol. The summed E-state index contributed by atoms with van der Waals surface area (Å²) in [5, 5.41) is 7.01. The van der Waals surface area contributed by atoms with Crippen molar-refractivity contribution >= 4 is 32.6 Å². The normalized spacial score (nSPS) is 11.7. The average Bonchev–Trinajstić information content (AvgIpc) is 3.08. The van der Waals surface area contributed by atoms with Crippen LogP contribution in [0.25, 0.3) is 10.2 Å². The van der Waals surface area contributed by atoms with Gasteiger partial charge in [0.05, 0.1) is 16.4 Å². The number of halogens is 3. The number of rotatable bonds is 5. The molecule has 0 unspecified atom stereocenters. The number of aromatic nitrogens is 3. The summed E-state index contributed by atoms with van der Waals surface area (Å²) < 4.78 is 42.8. The van der Waals surface area contributed by atoms with Gasteiger partial charge in [-0.25, -0.2) is 4.98 Å². The SMILES string of the molecule is Cn1cc(CCC(=O)Nc2nc3ccc(OC(F)(F)F)cc3s2)cn1. The number of anilines is 1. The summed E-state index contributed by atoms with van der Waals surface area (Å²) >= 11 is 1.08. The molecule has 3 rings (SSSR count). The molecule has 0 aliphatic carbocycles. The highest BCUT2D eigenvalue weighted by atomic mass is 32.1. The van der Waals surface area contributed by atoms with Crippen LogP contribution in [0.5, 0.6) is 5.75 Å². The van der Waals surface area contributed by atoms with Crippen LogP contribution in [0.4, 0.5) is 18.3 Å². The summed E-state index contributed by atoms with van der Waals surface area (Å²) in [6, 6.07) is 3.84. The van der Waals surface area contributed by atoms with Gasteiger partial charge in [-0.1, -0.05) is 11.3 Å². The lowest BCUT2D eigenvalue weighted by Gasteiger charge is -2.07. The number of alkyl halides is 3. The molecule has 0 fully saturated rings. The molecule has 2 heterocycles. The molecule has 0 atom stereocenters. The van der Waals surface area contributed by atoms with Gasteiger partial charge in [-0.15, -0.1) is 13.2 Å². The Labute approximate surface area is 144 Å². The third-order valence-electron chi connectivity index (χ3n) is 3.24. The topological polar surface area (TPSA) is 69.0 Å². The van der Waals surface area contributed by atoms with Gasteiger partial charge >= 0.3 is 6.36 Å². The zero-order valence-electron chi connectivity index (χ0n) is 13.0. The van der Waals surface area contributed by atoms with Gasteiger partial charge in [0.2, 0.25) is 5.91 Å². The minimum Gasteiger partial charge on any atom is -0.406 e. The molecule has 10 heteroatoms. The summed E-state index contributed by atoms with van der Waals surface area (Å²) in [7, 11) is 1.79. The molecular formula is C15H13F3N4O2S. The minimum absolute atomic E-state index is 0.227. The Hall–Kier alpha value is -2.62. The van der Waals surface area contributed by atoms with E-state index in [1.807, 2.05) is 6.20 Å². The van der Waals surface area contributed by atoms with Gasteiger partial charge in [0, 0.05) is 25.7 Å². The van der Waals surface area contributed by atoms with E-state index >= 15 is 0 Å². The fraction of sp³-hybridized carbons (Fsp3) is 0.267. The number of ether oxygens (including phenoxy) is 1. The number of nitrogens with zero attached hydrogens (tertiary/aromatic N) is 3. The summed E-state index contributed by atoms with van der Waals surface area (Å²) in [6.07, 6.45) is -0.444. The molecule has 0 aliphatic rings. The molecule has 132 valence electrons. The quantitative estimate of drug-likeness (QED) is 0.746. The van der Waals surface area contributed by atoms with E-state index < -0.39 is 6.36 Å². The van der Waals surface area contributed by atoms with Crippen molar-refractivity contribution in [2.75, 3.05) is 5.32 Å². The van der Waals surface area contributed by atoms with E-state index in [-0.39, 0.29) is 18.1 Å². The molecular weight excluding hydrogens is 357 g/mol. The van der Waals surface area contributed by atoms with E-state index in [0.717, 1.165) is 16.9 Å². The number of carbonyl (C=O) groups excluding carboxylic acids is 1. The van der Waals surface area contributed by atoms with E-state index in [4.69, 9.17) is 0 Å². The number of amides is 1. The maximum absolute atomic E-state index is 12.2. The lowest BCUT2D eigenvalue weighted by atomic mass is 10.2. The lowest BCUT2D eigenvalue weighted by molar-refractivity contribution is -0.274. The monoisotopic (exact) mass is 370 g/mol. The Bertz CT molecular complexity index is 904.